The zero-order chi connectivity index (χ0) is 24.0. The molecule has 0 fully saturated rings. The Morgan fingerprint density at radius 2 is 1.76 bits per heavy atom. The molecule has 1 heterocycles. The van der Waals surface area contributed by atoms with Gasteiger partial charge in [0.2, 0.25) is 5.78 Å². The number of unbranched alkanes of at least 4 members (excludes halogenated alkanes) is 1. The van der Waals surface area contributed by atoms with E-state index in [4.69, 9.17) is 10.5 Å². The molecule has 33 heavy (non-hydrogen) atoms. The van der Waals surface area contributed by atoms with Crippen LogP contribution in [0.3, 0.4) is 0 Å². The number of halogens is 2. The summed E-state index contributed by atoms with van der Waals surface area (Å²) in [6.45, 7) is 2.15. The molecule has 3 rings (SSSR count). The lowest BCUT2D eigenvalue weighted by Crippen LogP contribution is -2.28. The van der Waals surface area contributed by atoms with Crippen LogP contribution in [0.25, 0.3) is 0 Å². The lowest BCUT2D eigenvalue weighted by Gasteiger charge is -2.19. The van der Waals surface area contributed by atoms with Crippen LogP contribution in [0.1, 0.15) is 35.7 Å². The standard InChI is InChI=1S/C23H22F2N4O3S/c1-2-3-12-32-17-13-18(29(33)23(31)27-14-8-5-4-6-9-14)28-22(26)20(17)21(30)19-15(24)10-7-11-16(19)25/h4-11,13,33H,2-3,12H2,1H3,(H2,26,28)(H,27,31). The highest BCUT2D eigenvalue weighted by Crippen LogP contribution is 2.33. The summed E-state index contributed by atoms with van der Waals surface area (Å²) in [6, 6.07) is 12.4. The first kappa shape index (κ1) is 24.0. The highest BCUT2D eigenvalue weighted by Gasteiger charge is 2.27. The summed E-state index contributed by atoms with van der Waals surface area (Å²) < 4.78 is 35.1. The summed E-state index contributed by atoms with van der Waals surface area (Å²) in [7, 11) is 0. The number of carbonyl (C=O) groups is 2. The number of thiol groups is 1. The number of carbonyl (C=O) groups excluding carboxylic acids is 2. The maximum absolute atomic E-state index is 14.2. The van der Waals surface area contributed by atoms with Gasteiger partial charge in [-0.1, -0.05) is 50.4 Å². The molecule has 0 aliphatic carbocycles. The Balaban J connectivity index is 1.99. The number of anilines is 3. The van der Waals surface area contributed by atoms with E-state index in [0.29, 0.717) is 12.1 Å². The zero-order valence-electron chi connectivity index (χ0n) is 17.7. The van der Waals surface area contributed by atoms with Crippen LogP contribution in [0.4, 0.5) is 30.9 Å². The van der Waals surface area contributed by atoms with Crippen molar-refractivity contribution >= 4 is 42.0 Å². The first-order valence-corrected chi connectivity index (χ1v) is 10.5. The van der Waals surface area contributed by atoms with Crippen LogP contribution in [0.15, 0.2) is 54.6 Å². The normalized spacial score (nSPS) is 10.5. The molecule has 0 radical (unpaired) electrons. The molecule has 0 saturated carbocycles. The number of hydrogen-bond acceptors (Lipinski definition) is 6. The molecule has 3 aromatic rings. The summed E-state index contributed by atoms with van der Waals surface area (Å²) in [6.07, 6.45) is 1.45. The Morgan fingerprint density at radius 1 is 1.09 bits per heavy atom. The Morgan fingerprint density at radius 3 is 2.39 bits per heavy atom. The number of benzene rings is 2. The lowest BCUT2D eigenvalue weighted by atomic mass is 10.0. The molecule has 1 aromatic heterocycles. The molecule has 0 aliphatic heterocycles. The van der Waals surface area contributed by atoms with Crippen LogP contribution in [0.5, 0.6) is 5.75 Å². The van der Waals surface area contributed by atoms with Gasteiger partial charge in [-0.3, -0.25) is 4.79 Å². The average Bonchev–Trinajstić information content (AvgIpc) is 2.79. The molecule has 2 amide bonds. The minimum atomic E-state index is -1.04. The fourth-order valence-corrected chi connectivity index (χ4v) is 3.10. The third-order valence-corrected chi connectivity index (χ3v) is 4.99. The number of nitrogens with two attached hydrogens (primary N) is 1. The Kier molecular flexibility index (Phi) is 7.83. The van der Waals surface area contributed by atoms with Crippen molar-refractivity contribution in [3.8, 4) is 5.75 Å². The molecule has 2 aromatic carbocycles. The number of pyridine rings is 1. The van der Waals surface area contributed by atoms with Crippen LogP contribution in [0, 0.1) is 11.6 Å². The van der Waals surface area contributed by atoms with Gasteiger partial charge >= 0.3 is 6.03 Å². The van der Waals surface area contributed by atoms with Crippen LogP contribution < -0.4 is 20.1 Å². The van der Waals surface area contributed by atoms with Crippen LogP contribution >= 0.6 is 12.8 Å². The number of para-hydroxylation sites is 1. The van der Waals surface area contributed by atoms with Gasteiger partial charge in [-0.15, -0.1) is 0 Å². The van der Waals surface area contributed by atoms with Crippen molar-refractivity contribution in [1.29, 1.82) is 0 Å². The van der Waals surface area contributed by atoms with Gasteiger partial charge < -0.3 is 15.8 Å². The summed E-state index contributed by atoms with van der Waals surface area (Å²) in [4.78, 5) is 29.7. The van der Waals surface area contributed by atoms with Gasteiger partial charge in [0, 0.05) is 11.8 Å². The monoisotopic (exact) mass is 472 g/mol. The number of hydrogen-bond donors (Lipinski definition) is 3. The number of amides is 2. The van der Waals surface area contributed by atoms with Gasteiger partial charge in [-0.05, 0) is 30.7 Å². The number of aromatic nitrogens is 1. The minimum absolute atomic E-state index is 0.0404. The van der Waals surface area contributed by atoms with Gasteiger partial charge in [0.05, 0.1) is 12.2 Å². The summed E-state index contributed by atoms with van der Waals surface area (Å²) in [5.41, 5.74) is 5.45. The molecule has 7 nitrogen and oxygen atoms in total. The van der Waals surface area contributed by atoms with Crippen molar-refractivity contribution in [3.63, 3.8) is 0 Å². The van der Waals surface area contributed by atoms with E-state index >= 15 is 0 Å². The summed E-state index contributed by atoms with van der Waals surface area (Å²) in [5.74, 6) is -3.57. The maximum Gasteiger partial charge on any atom is 0.337 e. The number of ether oxygens (including phenoxy) is 1. The second-order valence-corrected chi connectivity index (χ2v) is 7.37. The molecule has 3 N–H and O–H groups in total. The number of nitrogens with one attached hydrogen (secondary N) is 1. The third kappa shape index (κ3) is 5.58. The van der Waals surface area contributed by atoms with E-state index in [1.165, 1.54) is 6.07 Å². The number of rotatable bonds is 8. The van der Waals surface area contributed by atoms with E-state index in [0.717, 1.165) is 28.9 Å². The molecule has 0 bridgehead atoms. The molecule has 0 spiro atoms. The van der Waals surface area contributed by atoms with E-state index in [1.54, 1.807) is 30.3 Å². The van der Waals surface area contributed by atoms with E-state index in [2.05, 4.69) is 23.1 Å². The average molecular weight is 473 g/mol. The van der Waals surface area contributed by atoms with Gasteiger partial charge in [-0.25, -0.2) is 22.9 Å². The maximum atomic E-state index is 14.2. The van der Waals surface area contributed by atoms with Gasteiger partial charge in [0.15, 0.2) is 5.82 Å². The quantitative estimate of drug-likeness (QED) is 0.237. The van der Waals surface area contributed by atoms with Gasteiger partial charge in [-0.2, -0.15) is 0 Å². The number of urea groups is 1. The molecule has 172 valence electrons. The first-order valence-electron chi connectivity index (χ1n) is 10.1. The highest BCUT2D eigenvalue weighted by atomic mass is 32.1. The van der Waals surface area contributed by atoms with Crippen LogP contribution in [-0.2, 0) is 0 Å². The molecule has 0 aliphatic rings. The van der Waals surface area contributed by atoms with E-state index in [1.807, 2.05) is 6.92 Å². The van der Waals surface area contributed by atoms with Crippen molar-refractivity contribution < 1.29 is 23.1 Å². The predicted octanol–water partition coefficient (Wildman–Crippen LogP) is 5.24. The largest absolute Gasteiger partial charge is 0.493 e. The number of ketones is 1. The minimum Gasteiger partial charge on any atom is -0.493 e. The van der Waals surface area contributed by atoms with Crippen molar-refractivity contribution in [3.05, 3.63) is 77.4 Å². The smallest absolute Gasteiger partial charge is 0.337 e. The molecular formula is C23H22F2N4O3S. The van der Waals surface area contributed by atoms with Crippen molar-refractivity contribution in [1.82, 2.24) is 4.98 Å². The summed E-state index contributed by atoms with van der Waals surface area (Å²) in [5, 5.41) is 2.63. The molecule has 10 heteroatoms. The second kappa shape index (κ2) is 10.8. The van der Waals surface area contributed by atoms with Crippen LogP contribution in [-0.4, -0.2) is 23.4 Å². The first-order chi connectivity index (χ1) is 15.8. The second-order valence-electron chi connectivity index (χ2n) is 6.97. The third-order valence-electron chi connectivity index (χ3n) is 4.60. The Labute approximate surface area is 195 Å². The van der Waals surface area contributed by atoms with E-state index < -0.39 is 29.0 Å². The van der Waals surface area contributed by atoms with E-state index in [-0.39, 0.29) is 29.6 Å². The highest BCUT2D eigenvalue weighted by molar-refractivity contribution is 7.82. The van der Waals surface area contributed by atoms with Crippen molar-refractivity contribution in [2.45, 2.75) is 19.8 Å². The fourth-order valence-electron chi connectivity index (χ4n) is 2.95. The molecule has 0 atom stereocenters. The van der Waals surface area contributed by atoms with Crippen LogP contribution in [0.2, 0.25) is 0 Å². The van der Waals surface area contributed by atoms with Crippen molar-refractivity contribution in [2.75, 3.05) is 22.0 Å². The molecular weight excluding hydrogens is 450 g/mol. The number of nitrogen functional groups attached to an aromatic ring is 1. The lowest BCUT2D eigenvalue weighted by molar-refractivity contribution is 0.102. The summed E-state index contributed by atoms with van der Waals surface area (Å²) >= 11 is 4.18. The molecule has 0 saturated heterocycles. The zero-order valence-corrected chi connectivity index (χ0v) is 18.6. The van der Waals surface area contributed by atoms with Crippen molar-refractivity contribution in [2.24, 2.45) is 0 Å². The van der Waals surface area contributed by atoms with Gasteiger partial charge in [0.1, 0.15) is 28.8 Å². The van der Waals surface area contributed by atoms with E-state index in [9.17, 15) is 18.4 Å². The fraction of sp³-hybridized carbons (Fsp3) is 0.174. The Hall–Kier alpha value is -3.66. The topological polar surface area (TPSA) is 97.6 Å². The predicted molar refractivity (Wildman–Crippen MR) is 126 cm³/mol. The Bertz CT molecular complexity index is 1140. The molecule has 0 unspecified atom stereocenters. The SMILES string of the molecule is CCCCOc1cc(N(S)C(=O)Nc2ccccc2)nc(N)c1C(=O)c1c(F)cccc1F. The number of nitrogens with zero attached hydrogens (tertiary/aromatic N) is 2. The van der Waals surface area contributed by atoms with Gasteiger partial charge in [0.25, 0.3) is 0 Å².